The summed E-state index contributed by atoms with van der Waals surface area (Å²) in [6.07, 6.45) is 0. The largest absolute Gasteiger partial charge is 0.480 e. The molecular formula is C15H19FN2O3. The summed E-state index contributed by atoms with van der Waals surface area (Å²) in [6.45, 7) is 5.16. The van der Waals surface area contributed by atoms with Gasteiger partial charge in [0.15, 0.2) is 0 Å². The minimum absolute atomic E-state index is 0.0698. The zero-order valence-electron chi connectivity index (χ0n) is 12.2. The molecule has 5 nitrogen and oxygen atoms in total. The van der Waals surface area contributed by atoms with Crippen LogP contribution in [0.1, 0.15) is 22.8 Å². The highest BCUT2D eigenvalue weighted by molar-refractivity contribution is 5.94. The summed E-state index contributed by atoms with van der Waals surface area (Å²) in [5.74, 6) is -1.73. The second-order valence-electron chi connectivity index (χ2n) is 5.33. The molecule has 0 aliphatic carbocycles. The molecule has 0 aromatic heterocycles. The molecular weight excluding hydrogens is 275 g/mol. The van der Waals surface area contributed by atoms with Gasteiger partial charge in [-0.15, -0.1) is 0 Å². The Morgan fingerprint density at radius 2 is 1.86 bits per heavy atom. The fourth-order valence-corrected chi connectivity index (χ4v) is 2.43. The quantitative estimate of drug-likeness (QED) is 0.914. The van der Waals surface area contributed by atoms with Crippen molar-refractivity contribution < 1.29 is 19.1 Å². The first kappa shape index (κ1) is 15.4. The van der Waals surface area contributed by atoms with Crippen molar-refractivity contribution >= 4 is 11.9 Å². The van der Waals surface area contributed by atoms with E-state index in [-0.39, 0.29) is 11.5 Å². The predicted octanol–water partition coefficient (Wildman–Crippen LogP) is 1.37. The standard InChI is InChI=1S/C15H19FN2O3/c1-10-3-4-12(13(16)9-10)14(19)18-7-5-17(6-8-18)11(2)15(20)21/h3-4,9,11H,5-8H2,1-2H3,(H,20,21). The lowest BCUT2D eigenvalue weighted by molar-refractivity contribution is -0.143. The molecule has 21 heavy (non-hydrogen) atoms. The third-order valence-corrected chi connectivity index (χ3v) is 3.86. The number of halogens is 1. The van der Waals surface area contributed by atoms with Crippen LogP contribution in [0.15, 0.2) is 18.2 Å². The predicted molar refractivity (Wildman–Crippen MR) is 75.7 cm³/mol. The molecule has 114 valence electrons. The first-order chi connectivity index (χ1) is 9.90. The van der Waals surface area contributed by atoms with Gasteiger partial charge in [-0.2, -0.15) is 0 Å². The smallest absolute Gasteiger partial charge is 0.320 e. The third kappa shape index (κ3) is 3.39. The van der Waals surface area contributed by atoms with E-state index in [1.807, 2.05) is 0 Å². The van der Waals surface area contributed by atoms with Crippen molar-refractivity contribution in [1.29, 1.82) is 0 Å². The van der Waals surface area contributed by atoms with Crippen LogP contribution in [-0.4, -0.2) is 59.0 Å². The van der Waals surface area contributed by atoms with Crippen molar-refractivity contribution in [3.05, 3.63) is 35.1 Å². The van der Waals surface area contributed by atoms with E-state index in [0.717, 1.165) is 5.56 Å². The maximum atomic E-state index is 13.8. The minimum Gasteiger partial charge on any atom is -0.480 e. The Balaban J connectivity index is 2.02. The fourth-order valence-electron chi connectivity index (χ4n) is 2.43. The van der Waals surface area contributed by atoms with Crippen molar-refractivity contribution in [2.75, 3.05) is 26.2 Å². The number of carboxylic acids is 1. The van der Waals surface area contributed by atoms with Crippen molar-refractivity contribution in [2.45, 2.75) is 19.9 Å². The fraction of sp³-hybridized carbons (Fsp3) is 0.467. The van der Waals surface area contributed by atoms with Crippen LogP contribution in [0.5, 0.6) is 0 Å². The van der Waals surface area contributed by atoms with Gasteiger partial charge in [-0.05, 0) is 31.5 Å². The van der Waals surface area contributed by atoms with Crippen molar-refractivity contribution in [1.82, 2.24) is 9.80 Å². The topological polar surface area (TPSA) is 60.9 Å². The van der Waals surface area contributed by atoms with Crippen LogP contribution >= 0.6 is 0 Å². The number of amides is 1. The number of aryl methyl sites for hydroxylation is 1. The number of hydrogen-bond donors (Lipinski definition) is 1. The Kier molecular flexibility index (Phi) is 4.57. The van der Waals surface area contributed by atoms with E-state index in [0.29, 0.717) is 26.2 Å². The number of carbonyl (C=O) groups excluding carboxylic acids is 1. The van der Waals surface area contributed by atoms with Gasteiger partial charge >= 0.3 is 5.97 Å². The van der Waals surface area contributed by atoms with E-state index in [2.05, 4.69) is 0 Å². The Bertz CT molecular complexity index is 554. The van der Waals surface area contributed by atoms with Crippen LogP contribution in [0.2, 0.25) is 0 Å². The van der Waals surface area contributed by atoms with Crippen LogP contribution < -0.4 is 0 Å². The highest BCUT2D eigenvalue weighted by atomic mass is 19.1. The summed E-state index contributed by atoms with van der Waals surface area (Å²) < 4.78 is 13.8. The lowest BCUT2D eigenvalue weighted by Gasteiger charge is -2.36. The molecule has 0 bridgehead atoms. The first-order valence-electron chi connectivity index (χ1n) is 6.92. The van der Waals surface area contributed by atoms with Gasteiger partial charge in [-0.1, -0.05) is 6.07 Å². The Hall–Kier alpha value is -1.95. The monoisotopic (exact) mass is 294 g/mol. The molecule has 0 saturated carbocycles. The average Bonchev–Trinajstić information content (AvgIpc) is 2.46. The molecule has 0 spiro atoms. The maximum Gasteiger partial charge on any atom is 0.320 e. The first-order valence-corrected chi connectivity index (χ1v) is 6.92. The number of rotatable bonds is 3. The van der Waals surface area contributed by atoms with Crippen molar-refractivity contribution in [2.24, 2.45) is 0 Å². The molecule has 1 atom stereocenters. The minimum atomic E-state index is -0.876. The number of carbonyl (C=O) groups is 2. The molecule has 1 aliphatic heterocycles. The molecule has 1 N–H and O–H groups in total. The molecule has 1 aromatic rings. The van der Waals surface area contributed by atoms with Gasteiger partial charge in [0.05, 0.1) is 5.56 Å². The lowest BCUT2D eigenvalue weighted by atomic mass is 10.1. The van der Waals surface area contributed by atoms with Gasteiger partial charge < -0.3 is 10.0 Å². The number of piperazine rings is 1. The molecule has 0 radical (unpaired) electrons. The maximum absolute atomic E-state index is 13.8. The van der Waals surface area contributed by atoms with Crippen molar-refractivity contribution in [3.63, 3.8) is 0 Å². The van der Waals surface area contributed by atoms with Crippen LogP contribution in [0, 0.1) is 12.7 Å². The molecule has 1 amide bonds. The van der Waals surface area contributed by atoms with Crippen LogP contribution in [0.4, 0.5) is 4.39 Å². The number of benzene rings is 1. The van der Waals surface area contributed by atoms with Gasteiger partial charge in [0.2, 0.25) is 0 Å². The summed E-state index contributed by atoms with van der Waals surface area (Å²) in [4.78, 5) is 26.6. The molecule has 6 heteroatoms. The summed E-state index contributed by atoms with van der Waals surface area (Å²) in [5.41, 5.74) is 0.837. The van der Waals surface area contributed by atoms with Gasteiger partial charge in [-0.3, -0.25) is 14.5 Å². The molecule has 1 unspecified atom stereocenters. The van der Waals surface area contributed by atoms with Gasteiger partial charge in [0.1, 0.15) is 11.9 Å². The second kappa shape index (κ2) is 6.22. The normalized spacial score (nSPS) is 17.6. The molecule has 1 aromatic carbocycles. The van der Waals surface area contributed by atoms with E-state index in [1.165, 1.54) is 12.1 Å². The number of aliphatic carboxylic acids is 1. The number of carboxylic acid groups (broad SMARTS) is 1. The third-order valence-electron chi connectivity index (χ3n) is 3.86. The van der Waals surface area contributed by atoms with E-state index in [1.54, 1.807) is 29.7 Å². The van der Waals surface area contributed by atoms with Gasteiger partial charge in [0.25, 0.3) is 5.91 Å². The van der Waals surface area contributed by atoms with Crippen LogP contribution in [-0.2, 0) is 4.79 Å². The molecule has 1 fully saturated rings. The number of nitrogens with zero attached hydrogens (tertiary/aromatic N) is 2. The van der Waals surface area contributed by atoms with E-state index in [9.17, 15) is 14.0 Å². The van der Waals surface area contributed by atoms with Crippen LogP contribution in [0.25, 0.3) is 0 Å². The van der Waals surface area contributed by atoms with E-state index >= 15 is 0 Å². The zero-order valence-corrected chi connectivity index (χ0v) is 12.2. The van der Waals surface area contributed by atoms with Gasteiger partial charge in [-0.25, -0.2) is 4.39 Å². The highest BCUT2D eigenvalue weighted by Gasteiger charge is 2.28. The highest BCUT2D eigenvalue weighted by Crippen LogP contribution is 2.15. The molecule has 1 aliphatic rings. The van der Waals surface area contributed by atoms with E-state index in [4.69, 9.17) is 5.11 Å². The lowest BCUT2D eigenvalue weighted by Crippen LogP contribution is -2.53. The summed E-state index contributed by atoms with van der Waals surface area (Å²) in [7, 11) is 0. The zero-order chi connectivity index (χ0) is 15.6. The van der Waals surface area contributed by atoms with Crippen LogP contribution in [0.3, 0.4) is 0 Å². The summed E-state index contributed by atoms with van der Waals surface area (Å²) in [5, 5.41) is 8.98. The summed E-state index contributed by atoms with van der Waals surface area (Å²) in [6, 6.07) is 3.98. The van der Waals surface area contributed by atoms with Crippen molar-refractivity contribution in [3.8, 4) is 0 Å². The number of hydrogen-bond acceptors (Lipinski definition) is 3. The molecule has 1 heterocycles. The molecule has 1 saturated heterocycles. The SMILES string of the molecule is Cc1ccc(C(=O)N2CCN(C(C)C(=O)O)CC2)c(F)c1. The average molecular weight is 294 g/mol. The van der Waals surface area contributed by atoms with E-state index < -0.39 is 17.8 Å². The summed E-state index contributed by atoms with van der Waals surface area (Å²) >= 11 is 0. The Labute approximate surface area is 123 Å². The van der Waals surface area contributed by atoms with Gasteiger partial charge in [0, 0.05) is 26.2 Å². The second-order valence-corrected chi connectivity index (χ2v) is 5.33. The molecule has 2 rings (SSSR count). The Morgan fingerprint density at radius 3 is 2.38 bits per heavy atom. The Morgan fingerprint density at radius 1 is 1.24 bits per heavy atom.